The Morgan fingerprint density at radius 3 is 2.25 bits per heavy atom. The smallest absolute Gasteiger partial charge is 0.274 e. The lowest BCUT2D eigenvalue weighted by Crippen LogP contribution is -2.49. The number of nitrogens with zero attached hydrogens (tertiary/aromatic N) is 4. The van der Waals surface area contributed by atoms with E-state index in [4.69, 9.17) is 0 Å². The fourth-order valence-electron chi connectivity index (χ4n) is 3.60. The number of piperazine rings is 1. The van der Waals surface area contributed by atoms with Crippen molar-refractivity contribution >= 4 is 11.6 Å². The van der Waals surface area contributed by atoms with E-state index in [0.29, 0.717) is 18.8 Å². The summed E-state index contributed by atoms with van der Waals surface area (Å²) in [6.07, 6.45) is 0. The molecule has 0 unspecified atom stereocenters. The molecule has 5 heteroatoms. The van der Waals surface area contributed by atoms with Gasteiger partial charge in [-0.15, -0.1) is 10.2 Å². The maximum Gasteiger partial charge on any atom is 0.274 e. The Morgan fingerprint density at radius 1 is 0.821 bits per heavy atom. The van der Waals surface area contributed by atoms with Crippen LogP contribution in [0.3, 0.4) is 0 Å². The second-order valence-electron chi connectivity index (χ2n) is 7.17. The van der Waals surface area contributed by atoms with Gasteiger partial charge in [-0.3, -0.25) is 4.79 Å². The maximum atomic E-state index is 12.8. The Labute approximate surface area is 165 Å². The number of amides is 1. The monoisotopic (exact) mass is 372 g/mol. The van der Waals surface area contributed by atoms with Crippen molar-refractivity contribution in [1.29, 1.82) is 0 Å². The number of anilines is 1. The zero-order valence-corrected chi connectivity index (χ0v) is 16.3. The number of aromatic nitrogens is 2. The molecule has 0 radical (unpaired) electrons. The number of hydrogen-bond donors (Lipinski definition) is 0. The number of benzene rings is 2. The van der Waals surface area contributed by atoms with E-state index in [2.05, 4.69) is 47.1 Å². The van der Waals surface area contributed by atoms with Crippen LogP contribution in [0.2, 0.25) is 0 Å². The standard InChI is InChI=1S/C23H24N4O/c1-17-7-6-10-22(18(17)2)26-13-15-27(16-14-26)23(28)21-12-11-20(24-25-21)19-8-4-3-5-9-19/h3-12H,13-16H2,1-2H3. The van der Waals surface area contributed by atoms with Crippen LogP contribution >= 0.6 is 0 Å². The van der Waals surface area contributed by atoms with Gasteiger partial charge in [0.15, 0.2) is 5.69 Å². The third-order valence-electron chi connectivity index (χ3n) is 5.44. The molecule has 1 fully saturated rings. The first-order valence-electron chi connectivity index (χ1n) is 9.63. The highest BCUT2D eigenvalue weighted by Gasteiger charge is 2.24. The van der Waals surface area contributed by atoms with E-state index in [-0.39, 0.29) is 5.91 Å². The number of hydrogen-bond acceptors (Lipinski definition) is 4. The van der Waals surface area contributed by atoms with Crippen molar-refractivity contribution in [2.75, 3.05) is 31.1 Å². The highest BCUT2D eigenvalue weighted by atomic mass is 16.2. The van der Waals surface area contributed by atoms with Crippen LogP contribution < -0.4 is 4.90 Å². The van der Waals surface area contributed by atoms with Crippen LogP contribution in [0.1, 0.15) is 21.6 Å². The van der Waals surface area contributed by atoms with Crippen LogP contribution in [0.4, 0.5) is 5.69 Å². The minimum atomic E-state index is -0.0484. The molecule has 1 aliphatic rings. The molecular weight excluding hydrogens is 348 g/mol. The molecule has 2 heterocycles. The predicted octanol–water partition coefficient (Wildman–Crippen LogP) is 3.72. The summed E-state index contributed by atoms with van der Waals surface area (Å²) in [7, 11) is 0. The third-order valence-corrected chi connectivity index (χ3v) is 5.44. The van der Waals surface area contributed by atoms with Gasteiger partial charge in [0.1, 0.15) is 0 Å². The molecule has 142 valence electrons. The van der Waals surface area contributed by atoms with Crippen LogP contribution in [0, 0.1) is 13.8 Å². The van der Waals surface area contributed by atoms with E-state index in [1.54, 1.807) is 6.07 Å². The SMILES string of the molecule is Cc1cccc(N2CCN(C(=O)c3ccc(-c4ccccc4)nn3)CC2)c1C. The van der Waals surface area contributed by atoms with Gasteiger partial charge in [-0.1, -0.05) is 42.5 Å². The normalized spacial score (nSPS) is 14.2. The number of rotatable bonds is 3. The second kappa shape index (κ2) is 7.80. The van der Waals surface area contributed by atoms with Crippen molar-refractivity contribution in [2.45, 2.75) is 13.8 Å². The summed E-state index contributed by atoms with van der Waals surface area (Å²) >= 11 is 0. The summed E-state index contributed by atoms with van der Waals surface area (Å²) in [6, 6.07) is 19.9. The number of carbonyl (C=O) groups is 1. The molecule has 0 aliphatic carbocycles. The van der Waals surface area contributed by atoms with E-state index in [0.717, 1.165) is 24.3 Å². The number of aryl methyl sites for hydroxylation is 1. The van der Waals surface area contributed by atoms with Crippen molar-refractivity contribution in [1.82, 2.24) is 15.1 Å². The summed E-state index contributed by atoms with van der Waals surface area (Å²) < 4.78 is 0. The van der Waals surface area contributed by atoms with Crippen LogP contribution in [0.5, 0.6) is 0 Å². The molecule has 0 spiro atoms. The van der Waals surface area contributed by atoms with Crippen LogP contribution in [-0.4, -0.2) is 47.2 Å². The lowest BCUT2D eigenvalue weighted by molar-refractivity contribution is 0.0739. The molecule has 0 bridgehead atoms. The van der Waals surface area contributed by atoms with Crippen LogP contribution in [0.15, 0.2) is 60.7 Å². The minimum absolute atomic E-state index is 0.0484. The Balaban J connectivity index is 1.42. The van der Waals surface area contributed by atoms with E-state index < -0.39 is 0 Å². The van der Waals surface area contributed by atoms with E-state index in [9.17, 15) is 4.79 Å². The maximum absolute atomic E-state index is 12.8. The van der Waals surface area contributed by atoms with Crippen LogP contribution in [0.25, 0.3) is 11.3 Å². The van der Waals surface area contributed by atoms with Gasteiger partial charge >= 0.3 is 0 Å². The predicted molar refractivity (Wildman–Crippen MR) is 112 cm³/mol. The molecule has 28 heavy (non-hydrogen) atoms. The minimum Gasteiger partial charge on any atom is -0.368 e. The molecule has 0 atom stereocenters. The summed E-state index contributed by atoms with van der Waals surface area (Å²) in [5.74, 6) is -0.0484. The largest absolute Gasteiger partial charge is 0.368 e. The van der Waals surface area contributed by atoms with E-state index >= 15 is 0 Å². The first-order valence-corrected chi connectivity index (χ1v) is 9.63. The van der Waals surface area contributed by atoms with Crippen LogP contribution in [-0.2, 0) is 0 Å². The lowest BCUT2D eigenvalue weighted by atomic mass is 10.1. The van der Waals surface area contributed by atoms with Gasteiger partial charge in [-0.25, -0.2) is 0 Å². The van der Waals surface area contributed by atoms with Gasteiger partial charge in [-0.05, 0) is 43.2 Å². The van der Waals surface area contributed by atoms with Gasteiger partial charge < -0.3 is 9.80 Å². The van der Waals surface area contributed by atoms with Gasteiger partial charge in [0.25, 0.3) is 5.91 Å². The summed E-state index contributed by atoms with van der Waals surface area (Å²) in [6.45, 7) is 7.32. The second-order valence-corrected chi connectivity index (χ2v) is 7.17. The fraction of sp³-hybridized carbons (Fsp3) is 0.261. The molecule has 0 N–H and O–H groups in total. The Bertz CT molecular complexity index is 962. The molecule has 0 saturated carbocycles. The summed E-state index contributed by atoms with van der Waals surface area (Å²) in [5, 5.41) is 8.42. The summed E-state index contributed by atoms with van der Waals surface area (Å²) in [5.41, 5.74) is 6.04. The number of carbonyl (C=O) groups excluding carboxylic acids is 1. The molecule has 1 amide bonds. The molecule has 3 aromatic rings. The summed E-state index contributed by atoms with van der Waals surface area (Å²) in [4.78, 5) is 17.0. The van der Waals surface area contributed by atoms with Gasteiger partial charge in [-0.2, -0.15) is 0 Å². The molecule has 2 aromatic carbocycles. The van der Waals surface area contributed by atoms with Gasteiger partial charge in [0.05, 0.1) is 5.69 Å². The van der Waals surface area contributed by atoms with Crippen molar-refractivity contribution in [3.05, 3.63) is 77.5 Å². The van der Waals surface area contributed by atoms with Gasteiger partial charge in [0.2, 0.25) is 0 Å². The highest BCUT2D eigenvalue weighted by Crippen LogP contribution is 2.24. The van der Waals surface area contributed by atoms with Crippen molar-refractivity contribution < 1.29 is 4.79 Å². The molecule has 4 rings (SSSR count). The Hall–Kier alpha value is -3.21. The zero-order valence-electron chi connectivity index (χ0n) is 16.3. The van der Waals surface area contributed by atoms with Crippen molar-refractivity contribution in [3.8, 4) is 11.3 Å². The Kier molecular flexibility index (Phi) is 5.06. The molecule has 1 aromatic heterocycles. The van der Waals surface area contributed by atoms with Crippen molar-refractivity contribution in [2.24, 2.45) is 0 Å². The first kappa shape index (κ1) is 18.2. The average molecular weight is 372 g/mol. The Morgan fingerprint density at radius 2 is 1.57 bits per heavy atom. The molecule has 1 saturated heterocycles. The van der Waals surface area contributed by atoms with Crippen molar-refractivity contribution in [3.63, 3.8) is 0 Å². The van der Waals surface area contributed by atoms with E-state index in [1.807, 2.05) is 41.3 Å². The highest BCUT2D eigenvalue weighted by molar-refractivity contribution is 5.92. The fourth-order valence-corrected chi connectivity index (χ4v) is 3.60. The molecule has 5 nitrogen and oxygen atoms in total. The quantitative estimate of drug-likeness (QED) is 0.703. The van der Waals surface area contributed by atoms with Gasteiger partial charge in [0, 0.05) is 37.4 Å². The lowest BCUT2D eigenvalue weighted by Gasteiger charge is -2.36. The third kappa shape index (κ3) is 3.60. The first-order chi connectivity index (χ1) is 13.6. The molecule has 1 aliphatic heterocycles. The topological polar surface area (TPSA) is 49.3 Å². The zero-order chi connectivity index (χ0) is 19.5. The average Bonchev–Trinajstić information content (AvgIpc) is 2.76. The molecular formula is C23H24N4O. The van der Waals surface area contributed by atoms with E-state index in [1.165, 1.54) is 16.8 Å².